The highest BCUT2D eigenvalue weighted by Crippen LogP contribution is 2.45. The molecule has 1 saturated heterocycles. The maximum atomic E-state index is 10.1. The van der Waals surface area contributed by atoms with Crippen molar-refractivity contribution in [1.82, 2.24) is 0 Å². The number of rotatable bonds is 10. The lowest BCUT2D eigenvalue weighted by atomic mass is 9.99. The molecule has 0 spiro atoms. The molecular weight excluding hydrogens is 566 g/mol. The fourth-order valence-electron chi connectivity index (χ4n) is 4.12. The van der Waals surface area contributed by atoms with E-state index in [9.17, 15) is 15.0 Å². The summed E-state index contributed by atoms with van der Waals surface area (Å²) < 4.78 is 9.83. The van der Waals surface area contributed by atoms with Crippen molar-refractivity contribution in [2.24, 2.45) is 10.2 Å². The fraction of sp³-hybridized carbons (Fsp3) is 0.480. The van der Waals surface area contributed by atoms with E-state index in [1.807, 2.05) is 11.8 Å². The molecule has 0 bridgehead atoms. The van der Waals surface area contributed by atoms with Gasteiger partial charge in [-0.3, -0.25) is 4.79 Å². The Morgan fingerprint density at radius 3 is 2.59 bits per heavy atom. The third kappa shape index (κ3) is 7.29. The maximum absolute atomic E-state index is 10.1. The number of benzene rings is 2. The number of hydrogen-bond acceptors (Lipinski definition) is 10. The summed E-state index contributed by atoms with van der Waals surface area (Å²) in [5.41, 5.74) is 2.63. The first-order valence-corrected chi connectivity index (χ1v) is 13.8. The molecule has 2 aliphatic rings. The highest BCUT2D eigenvalue weighted by Gasteiger charge is 2.47. The minimum Gasteiger partial charge on any atom is -0.459 e. The number of amidine groups is 1. The fourth-order valence-corrected chi connectivity index (χ4v) is 5.34. The van der Waals surface area contributed by atoms with Gasteiger partial charge >= 0.3 is 0 Å². The molecular formula is C25H32BrN3O7S. The second-order valence-corrected chi connectivity index (χ2v) is 10.4. The SMILES string of the molecule is C=N/N=C(/Br)N(CSCC)c1ccc(C2CC2)c2ccccc12.O=COC1C(O)C(O)OC1C(O)CO. The second kappa shape index (κ2) is 14.2. The van der Waals surface area contributed by atoms with E-state index in [1.165, 1.54) is 29.2 Å². The van der Waals surface area contributed by atoms with Crippen LogP contribution in [0.1, 0.15) is 31.2 Å². The van der Waals surface area contributed by atoms with Gasteiger partial charge in [0.2, 0.25) is 0 Å². The van der Waals surface area contributed by atoms with Crippen LogP contribution in [0.2, 0.25) is 0 Å². The molecule has 1 saturated carbocycles. The molecule has 4 rings (SSSR count). The number of carbonyl (C=O) groups excluding carboxylic acids is 1. The number of nitrogens with zero attached hydrogens (tertiary/aromatic N) is 3. The van der Waals surface area contributed by atoms with Gasteiger partial charge in [0.05, 0.1) is 18.2 Å². The Labute approximate surface area is 228 Å². The molecule has 2 aromatic rings. The molecule has 5 atom stereocenters. The third-order valence-electron chi connectivity index (χ3n) is 6.07. The number of carbonyl (C=O) groups is 1. The van der Waals surface area contributed by atoms with Crippen LogP contribution in [0, 0.1) is 0 Å². The first-order chi connectivity index (χ1) is 17.9. The van der Waals surface area contributed by atoms with Crippen LogP contribution >= 0.6 is 27.7 Å². The summed E-state index contributed by atoms with van der Waals surface area (Å²) in [6.45, 7) is 5.08. The average molecular weight is 599 g/mol. The number of aliphatic hydroxyl groups excluding tert-OH is 4. The summed E-state index contributed by atoms with van der Waals surface area (Å²) in [5, 5.41) is 46.5. The van der Waals surface area contributed by atoms with Crippen molar-refractivity contribution in [2.45, 2.75) is 56.4 Å². The van der Waals surface area contributed by atoms with Crippen LogP contribution in [0.5, 0.6) is 0 Å². The molecule has 0 radical (unpaired) electrons. The Bertz CT molecular complexity index is 1090. The van der Waals surface area contributed by atoms with Gasteiger partial charge in [-0.15, -0.1) is 16.9 Å². The minimum atomic E-state index is -1.54. The topological polar surface area (TPSA) is 144 Å². The quantitative estimate of drug-likeness (QED) is 0.0810. The predicted octanol–water partition coefficient (Wildman–Crippen LogP) is 2.56. The van der Waals surface area contributed by atoms with E-state index >= 15 is 0 Å². The van der Waals surface area contributed by atoms with Crippen molar-refractivity contribution < 1.29 is 34.7 Å². The summed E-state index contributed by atoms with van der Waals surface area (Å²) in [6.07, 6.45) is -3.97. The number of thioether (sulfide) groups is 1. The van der Waals surface area contributed by atoms with Crippen molar-refractivity contribution in [1.29, 1.82) is 0 Å². The summed E-state index contributed by atoms with van der Waals surface area (Å²) >= 11 is 5.40. The summed E-state index contributed by atoms with van der Waals surface area (Å²) in [4.78, 5) is 12.2. The number of ether oxygens (including phenoxy) is 2. The maximum Gasteiger partial charge on any atom is 0.293 e. The van der Waals surface area contributed by atoms with Crippen molar-refractivity contribution >= 4 is 62.1 Å². The number of fused-ring (bicyclic) bond motifs is 1. The molecule has 2 fully saturated rings. The van der Waals surface area contributed by atoms with E-state index in [0.717, 1.165) is 23.2 Å². The molecule has 1 aliphatic carbocycles. The monoisotopic (exact) mass is 597 g/mol. The van der Waals surface area contributed by atoms with E-state index in [2.05, 4.69) is 85.8 Å². The van der Waals surface area contributed by atoms with Crippen LogP contribution < -0.4 is 4.90 Å². The average Bonchev–Trinajstić information content (AvgIpc) is 3.71. The van der Waals surface area contributed by atoms with Crippen LogP contribution in [0.4, 0.5) is 5.69 Å². The summed E-state index contributed by atoms with van der Waals surface area (Å²) in [5.74, 6) is 2.61. The van der Waals surface area contributed by atoms with E-state index in [4.69, 9.17) is 14.9 Å². The van der Waals surface area contributed by atoms with Gasteiger partial charge in [0, 0.05) is 12.1 Å². The Morgan fingerprint density at radius 1 is 1.30 bits per heavy atom. The van der Waals surface area contributed by atoms with E-state index in [0.29, 0.717) is 4.74 Å². The lowest BCUT2D eigenvalue weighted by Gasteiger charge is -2.24. The standard InChI is InChI=1S/C18H20BrN3S.C7H12O7/c1-3-23-12-22(18(19)21-20-2)17-11-10-14(13-8-9-13)15-6-4-5-7-16(15)17;8-1-3(10)5-6(13-2-9)4(11)7(12)14-5/h4-7,10-11,13H,2-3,8-9,12H2,1H3;2-8,10-12H,1H2/b21-18-;. The lowest BCUT2D eigenvalue weighted by molar-refractivity contribution is -0.153. The molecule has 202 valence electrons. The van der Waals surface area contributed by atoms with Crippen LogP contribution in [0.15, 0.2) is 46.6 Å². The van der Waals surface area contributed by atoms with Gasteiger partial charge in [0.15, 0.2) is 17.1 Å². The Kier molecular flexibility index (Phi) is 11.3. The Hall–Kier alpha value is -2.06. The molecule has 2 aromatic carbocycles. The molecule has 0 amide bonds. The highest BCUT2D eigenvalue weighted by molar-refractivity contribution is 9.18. The summed E-state index contributed by atoms with van der Waals surface area (Å²) in [6, 6.07) is 13.1. The zero-order valence-electron chi connectivity index (χ0n) is 20.4. The first-order valence-electron chi connectivity index (χ1n) is 11.8. The van der Waals surface area contributed by atoms with Gasteiger partial charge < -0.3 is 34.8 Å². The van der Waals surface area contributed by atoms with Crippen molar-refractivity contribution in [3.8, 4) is 0 Å². The zero-order valence-corrected chi connectivity index (χ0v) is 22.8. The molecule has 10 nitrogen and oxygen atoms in total. The Balaban J connectivity index is 0.000000233. The van der Waals surface area contributed by atoms with Gasteiger partial charge in [0.25, 0.3) is 6.47 Å². The van der Waals surface area contributed by atoms with Crippen LogP contribution in [-0.4, -0.2) is 87.3 Å². The van der Waals surface area contributed by atoms with Crippen molar-refractivity contribution in [2.75, 3.05) is 23.1 Å². The van der Waals surface area contributed by atoms with Crippen molar-refractivity contribution in [3.63, 3.8) is 0 Å². The lowest BCUT2D eigenvalue weighted by Crippen LogP contribution is -2.42. The van der Waals surface area contributed by atoms with Crippen LogP contribution in [-0.2, 0) is 14.3 Å². The highest BCUT2D eigenvalue weighted by atomic mass is 79.9. The minimum absolute atomic E-state index is 0.0758. The molecule has 12 heteroatoms. The number of hydrogen-bond donors (Lipinski definition) is 4. The Morgan fingerprint density at radius 2 is 2.00 bits per heavy atom. The first kappa shape index (κ1) is 29.5. The van der Waals surface area contributed by atoms with Crippen molar-refractivity contribution in [3.05, 3.63) is 42.0 Å². The van der Waals surface area contributed by atoms with E-state index < -0.39 is 37.3 Å². The molecule has 37 heavy (non-hydrogen) atoms. The number of halogens is 1. The van der Waals surface area contributed by atoms with Gasteiger partial charge in [-0.1, -0.05) is 37.3 Å². The summed E-state index contributed by atoms with van der Waals surface area (Å²) in [7, 11) is 0. The van der Waals surface area contributed by atoms with Gasteiger partial charge in [0.1, 0.15) is 18.3 Å². The molecule has 5 unspecified atom stereocenters. The van der Waals surface area contributed by atoms with Gasteiger partial charge in [-0.05, 0) is 57.5 Å². The number of aliphatic hydroxyl groups is 4. The normalized spacial score (nSPS) is 24.2. The largest absolute Gasteiger partial charge is 0.459 e. The predicted molar refractivity (Wildman–Crippen MR) is 148 cm³/mol. The molecule has 0 aromatic heterocycles. The zero-order chi connectivity index (χ0) is 26.9. The molecule has 1 heterocycles. The van der Waals surface area contributed by atoms with Crippen LogP contribution in [0.25, 0.3) is 10.8 Å². The second-order valence-electron chi connectivity index (χ2n) is 8.48. The smallest absolute Gasteiger partial charge is 0.293 e. The van der Waals surface area contributed by atoms with Gasteiger partial charge in [-0.25, -0.2) is 0 Å². The molecule has 1 aliphatic heterocycles. The number of anilines is 1. The molecule has 4 N–H and O–H groups in total. The van der Waals surface area contributed by atoms with Gasteiger partial charge in [-0.2, -0.15) is 5.10 Å². The third-order valence-corrected chi connectivity index (χ3v) is 7.51. The van der Waals surface area contributed by atoms with E-state index in [-0.39, 0.29) is 6.47 Å². The van der Waals surface area contributed by atoms with Crippen LogP contribution in [0.3, 0.4) is 0 Å². The van der Waals surface area contributed by atoms with E-state index in [1.54, 1.807) is 0 Å².